The van der Waals surface area contributed by atoms with E-state index in [0.29, 0.717) is 9.50 Å². The van der Waals surface area contributed by atoms with E-state index in [2.05, 4.69) is 15.9 Å². The minimum Gasteiger partial charge on any atom is -0.205 e. The molecule has 0 unspecified atom stereocenters. The van der Waals surface area contributed by atoms with Gasteiger partial charge in [-0.15, -0.1) is 0 Å². The molecular weight excluding hydrogens is 242 g/mol. The third-order valence-corrected chi connectivity index (χ3v) is 2.40. The summed E-state index contributed by atoms with van der Waals surface area (Å²) in [7, 11) is 0. The molecule has 0 aliphatic rings. The summed E-state index contributed by atoms with van der Waals surface area (Å²) in [6.07, 6.45) is 0. The van der Waals surface area contributed by atoms with Crippen LogP contribution in [0.3, 0.4) is 0 Å². The quantitative estimate of drug-likeness (QED) is 0.479. The van der Waals surface area contributed by atoms with Crippen molar-refractivity contribution in [2.45, 2.75) is 0 Å². The lowest BCUT2D eigenvalue weighted by molar-refractivity contribution is 0.627. The zero-order chi connectivity index (χ0) is 7.72. The predicted octanol–water partition coefficient (Wildman–Crippen LogP) is 3.90. The van der Waals surface area contributed by atoms with Gasteiger partial charge >= 0.3 is 0 Å². The number of halogens is 4. The van der Waals surface area contributed by atoms with Gasteiger partial charge in [0.15, 0.2) is 0 Å². The van der Waals surface area contributed by atoms with Crippen LogP contribution >= 0.6 is 39.1 Å². The van der Waals surface area contributed by atoms with Crippen molar-refractivity contribution in [3.05, 3.63) is 32.5 Å². The zero-order valence-electron chi connectivity index (χ0n) is 4.67. The first-order chi connectivity index (χ1) is 4.61. The second-order valence-corrected chi connectivity index (χ2v) is 3.35. The van der Waals surface area contributed by atoms with Gasteiger partial charge in [0.2, 0.25) is 0 Å². The van der Waals surface area contributed by atoms with E-state index in [-0.39, 0.29) is 5.02 Å². The Kier molecular flexibility index (Phi) is 2.55. The van der Waals surface area contributed by atoms with Crippen LogP contribution in [-0.4, -0.2) is 0 Å². The smallest absolute Gasteiger partial charge is 0.144 e. The molecule has 0 aromatic heterocycles. The fourth-order valence-electron chi connectivity index (χ4n) is 0.525. The van der Waals surface area contributed by atoms with Gasteiger partial charge in [-0.1, -0.05) is 23.2 Å². The maximum absolute atomic E-state index is 12.6. The Labute approximate surface area is 76.1 Å². The van der Waals surface area contributed by atoms with Gasteiger partial charge in [-0.25, -0.2) is 4.39 Å². The molecule has 0 saturated heterocycles. The van der Waals surface area contributed by atoms with Crippen molar-refractivity contribution in [3.8, 4) is 0 Å². The van der Waals surface area contributed by atoms with Crippen molar-refractivity contribution in [2.75, 3.05) is 0 Å². The highest BCUT2D eigenvalue weighted by molar-refractivity contribution is 9.10. The van der Waals surface area contributed by atoms with Crippen molar-refractivity contribution in [2.24, 2.45) is 0 Å². The molecule has 0 fully saturated rings. The second kappa shape index (κ2) is 3.07. The molecule has 0 nitrogen and oxygen atoms in total. The van der Waals surface area contributed by atoms with E-state index in [9.17, 15) is 4.39 Å². The molecule has 0 atom stereocenters. The minimum atomic E-state index is -0.513. The molecule has 4 heteroatoms. The summed E-state index contributed by atoms with van der Waals surface area (Å²) in [6.45, 7) is 0. The Morgan fingerprint density at radius 2 is 1.90 bits per heavy atom. The normalized spacial score (nSPS) is 10.0. The van der Waals surface area contributed by atoms with Crippen LogP contribution in [-0.2, 0) is 0 Å². The summed E-state index contributed by atoms with van der Waals surface area (Å²) in [5, 5.41) is 0.387. The van der Waals surface area contributed by atoms with E-state index in [1.54, 1.807) is 0 Å². The maximum Gasteiger partial charge on any atom is 0.144 e. The molecule has 0 saturated carbocycles. The molecule has 0 N–H and O–H groups in total. The van der Waals surface area contributed by atoms with Gasteiger partial charge in [-0.2, -0.15) is 0 Å². The van der Waals surface area contributed by atoms with Gasteiger partial charge in [0.25, 0.3) is 0 Å². The molecule has 0 radical (unpaired) electrons. The van der Waals surface area contributed by atoms with E-state index in [1.165, 1.54) is 6.07 Å². The summed E-state index contributed by atoms with van der Waals surface area (Å²) in [4.78, 5) is 0. The third kappa shape index (κ3) is 1.62. The highest BCUT2D eigenvalue weighted by Gasteiger charge is 2.04. The van der Waals surface area contributed by atoms with Crippen molar-refractivity contribution >= 4 is 39.1 Å². The summed E-state index contributed by atoms with van der Waals surface area (Å²) >= 11 is 14.0. The average Bonchev–Trinajstić information content (AvgIpc) is 1.82. The van der Waals surface area contributed by atoms with Crippen LogP contribution in [0.15, 0.2) is 16.6 Å². The number of benzene rings is 1. The molecule has 0 amide bonds. The fraction of sp³-hybridized carbons (Fsp3) is 0. The van der Waals surface area contributed by atoms with E-state index < -0.39 is 5.82 Å². The number of rotatable bonds is 0. The maximum atomic E-state index is 12.6. The first kappa shape index (κ1) is 8.31. The van der Waals surface area contributed by atoms with Crippen LogP contribution in [0.1, 0.15) is 0 Å². The molecule has 54 valence electrons. The first-order valence-electron chi connectivity index (χ1n) is 2.41. The SMILES string of the molecule is Fc1cc(Cl)cc(Br)c1Cl. The van der Waals surface area contributed by atoms with Gasteiger partial charge in [0.1, 0.15) is 5.82 Å². The van der Waals surface area contributed by atoms with Crippen molar-refractivity contribution in [1.82, 2.24) is 0 Å². The summed E-state index contributed by atoms with van der Waals surface area (Å²) in [5.74, 6) is -0.513. The average molecular weight is 244 g/mol. The fourth-order valence-corrected chi connectivity index (χ4v) is 1.41. The molecule has 0 heterocycles. The predicted molar refractivity (Wildman–Crippen MR) is 44.1 cm³/mol. The number of hydrogen-bond acceptors (Lipinski definition) is 0. The molecule has 1 aromatic carbocycles. The monoisotopic (exact) mass is 242 g/mol. The minimum absolute atomic E-state index is 0.0596. The lowest BCUT2D eigenvalue weighted by atomic mass is 10.3. The molecule has 1 aromatic rings. The lowest BCUT2D eigenvalue weighted by Crippen LogP contribution is -1.77. The topological polar surface area (TPSA) is 0 Å². The molecule has 1 rings (SSSR count). The van der Waals surface area contributed by atoms with Crippen LogP contribution < -0.4 is 0 Å². The largest absolute Gasteiger partial charge is 0.205 e. The molecular formula is C6H2BrCl2F. The molecule has 0 spiro atoms. The van der Waals surface area contributed by atoms with Gasteiger partial charge in [0, 0.05) is 9.50 Å². The Morgan fingerprint density at radius 1 is 1.30 bits per heavy atom. The van der Waals surface area contributed by atoms with Crippen molar-refractivity contribution in [3.63, 3.8) is 0 Å². The van der Waals surface area contributed by atoms with Crippen molar-refractivity contribution in [1.29, 1.82) is 0 Å². The van der Waals surface area contributed by atoms with Crippen LogP contribution in [0.4, 0.5) is 4.39 Å². The van der Waals surface area contributed by atoms with Gasteiger partial charge in [-0.3, -0.25) is 0 Å². The Hall–Kier alpha value is 0.210. The first-order valence-corrected chi connectivity index (χ1v) is 3.96. The molecule has 0 aliphatic heterocycles. The second-order valence-electron chi connectivity index (χ2n) is 1.68. The highest BCUT2D eigenvalue weighted by atomic mass is 79.9. The van der Waals surface area contributed by atoms with Crippen LogP contribution in [0.5, 0.6) is 0 Å². The van der Waals surface area contributed by atoms with Crippen molar-refractivity contribution < 1.29 is 4.39 Å². The highest BCUT2D eigenvalue weighted by Crippen LogP contribution is 2.28. The standard InChI is InChI=1S/C6H2BrCl2F/c7-4-1-3(8)2-5(10)6(4)9/h1-2H. The summed E-state index contributed by atoms with van der Waals surface area (Å²) in [5.41, 5.74) is 0. The van der Waals surface area contributed by atoms with Gasteiger partial charge in [0.05, 0.1) is 5.02 Å². The Balaban J connectivity index is 3.31. The van der Waals surface area contributed by atoms with E-state index in [0.717, 1.165) is 6.07 Å². The Bertz CT molecular complexity index is 239. The molecule has 0 bridgehead atoms. The Morgan fingerprint density at radius 3 is 2.40 bits per heavy atom. The molecule has 0 aliphatic carbocycles. The van der Waals surface area contributed by atoms with E-state index in [4.69, 9.17) is 23.2 Å². The van der Waals surface area contributed by atoms with Crippen LogP contribution in [0, 0.1) is 5.82 Å². The van der Waals surface area contributed by atoms with Gasteiger partial charge in [-0.05, 0) is 28.1 Å². The number of hydrogen-bond donors (Lipinski definition) is 0. The summed E-state index contributed by atoms with van der Waals surface area (Å²) < 4.78 is 13.1. The van der Waals surface area contributed by atoms with Crippen LogP contribution in [0.2, 0.25) is 10.0 Å². The molecule has 10 heavy (non-hydrogen) atoms. The lowest BCUT2D eigenvalue weighted by Gasteiger charge is -1.96. The zero-order valence-corrected chi connectivity index (χ0v) is 7.76. The van der Waals surface area contributed by atoms with Gasteiger partial charge < -0.3 is 0 Å². The summed E-state index contributed by atoms with van der Waals surface area (Å²) in [6, 6.07) is 2.70. The van der Waals surface area contributed by atoms with Crippen LogP contribution in [0.25, 0.3) is 0 Å². The third-order valence-electron chi connectivity index (χ3n) is 0.949. The van der Waals surface area contributed by atoms with E-state index in [1.807, 2.05) is 0 Å². The van der Waals surface area contributed by atoms with E-state index >= 15 is 0 Å².